The van der Waals surface area contributed by atoms with Crippen LogP contribution in [0.3, 0.4) is 0 Å². The van der Waals surface area contributed by atoms with Crippen molar-refractivity contribution in [2.75, 3.05) is 26.7 Å². The number of carbonyl (C=O) groups excluding carboxylic acids is 1. The molecule has 0 unspecified atom stereocenters. The molecule has 2 aromatic rings. The molecule has 1 N–H and O–H groups in total. The maximum Gasteiger partial charge on any atom is 0.247 e. The minimum absolute atomic E-state index is 0.00491. The Balaban J connectivity index is 2.11. The molecular weight excluding hydrogens is 440 g/mol. The number of aliphatic hydroxyl groups excluding tert-OH is 1. The molecule has 180 valence electrons. The predicted octanol–water partition coefficient (Wildman–Crippen LogP) is 3.30. The average Bonchev–Trinajstić information content (AvgIpc) is 2.80. The van der Waals surface area contributed by atoms with Gasteiger partial charge in [0.15, 0.2) is 0 Å². The van der Waals surface area contributed by atoms with Crippen LogP contribution in [-0.4, -0.2) is 67.5 Å². The number of benzene rings is 2. The average molecular weight is 475 g/mol. The molecule has 0 aliphatic carbocycles. The van der Waals surface area contributed by atoms with Crippen molar-refractivity contribution in [1.29, 1.82) is 0 Å². The Bertz CT molecular complexity index is 1080. The van der Waals surface area contributed by atoms with Crippen LogP contribution >= 0.6 is 0 Å². The molecule has 0 radical (unpaired) electrons. The summed E-state index contributed by atoms with van der Waals surface area (Å²) >= 11 is 0. The number of carbonyl (C=O) groups is 1. The van der Waals surface area contributed by atoms with Crippen LogP contribution in [0.25, 0.3) is 11.1 Å². The third-order valence-electron chi connectivity index (χ3n) is 6.23. The van der Waals surface area contributed by atoms with Gasteiger partial charge >= 0.3 is 0 Å². The summed E-state index contributed by atoms with van der Waals surface area (Å²) in [5, 5.41) is 9.76. The van der Waals surface area contributed by atoms with E-state index < -0.39 is 22.2 Å². The summed E-state index contributed by atoms with van der Waals surface area (Å²) in [6.07, 6.45) is -0.0326. The highest BCUT2D eigenvalue weighted by atomic mass is 32.2. The highest BCUT2D eigenvalue weighted by Gasteiger charge is 2.38. The van der Waals surface area contributed by atoms with E-state index in [1.807, 2.05) is 45.0 Å². The number of sulfonamides is 1. The number of hydrogen-bond donors (Lipinski definition) is 1. The van der Waals surface area contributed by atoms with Crippen LogP contribution in [-0.2, 0) is 14.8 Å². The fourth-order valence-electron chi connectivity index (χ4n) is 4.01. The maximum absolute atomic E-state index is 13.6. The first kappa shape index (κ1) is 25.2. The maximum atomic E-state index is 13.6. The van der Waals surface area contributed by atoms with Crippen LogP contribution in [0.5, 0.6) is 5.75 Å². The number of nitrogens with zero attached hydrogens (tertiary/aromatic N) is 2. The van der Waals surface area contributed by atoms with Crippen LogP contribution in [0, 0.1) is 12.8 Å². The molecule has 7 nitrogen and oxygen atoms in total. The number of fused-ring (bicyclic) bond motifs is 1. The number of aryl methyl sites for hydroxylation is 1. The van der Waals surface area contributed by atoms with Gasteiger partial charge in [-0.05, 0) is 37.1 Å². The van der Waals surface area contributed by atoms with E-state index in [4.69, 9.17) is 4.74 Å². The second-order valence-corrected chi connectivity index (χ2v) is 10.8. The van der Waals surface area contributed by atoms with Crippen molar-refractivity contribution in [1.82, 2.24) is 9.21 Å². The van der Waals surface area contributed by atoms with Crippen molar-refractivity contribution in [3.05, 3.63) is 48.0 Å². The summed E-state index contributed by atoms with van der Waals surface area (Å²) in [5.41, 5.74) is 2.93. The van der Waals surface area contributed by atoms with Crippen molar-refractivity contribution >= 4 is 15.9 Å². The summed E-state index contributed by atoms with van der Waals surface area (Å²) in [6, 6.07) is 12.5. The van der Waals surface area contributed by atoms with Gasteiger partial charge in [0.05, 0.1) is 13.2 Å². The smallest absolute Gasteiger partial charge is 0.247 e. The standard InChI is InChI=1S/C25H34N2O5S/c1-6-25(29)26(5)15-23-18(3)14-27(19(4)16-28)33(30,31)24-12-11-21(13-22(24)32-23)20-9-7-17(2)8-10-20/h7-13,18-19,23,28H,6,14-16H2,1-5H3/t18-,19+,23+/m0/s1. The van der Waals surface area contributed by atoms with Crippen molar-refractivity contribution in [3.63, 3.8) is 0 Å². The van der Waals surface area contributed by atoms with Crippen LogP contribution in [0.4, 0.5) is 0 Å². The van der Waals surface area contributed by atoms with Gasteiger partial charge in [-0.1, -0.05) is 49.7 Å². The Morgan fingerprint density at radius 1 is 1.21 bits per heavy atom. The molecule has 1 aliphatic heterocycles. The fourth-order valence-corrected chi connectivity index (χ4v) is 5.84. The van der Waals surface area contributed by atoms with Crippen LogP contribution in [0.2, 0.25) is 0 Å². The van der Waals surface area contributed by atoms with Crippen LogP contribution in [0.15, 0.2) is 47.4 Å². The molecular formula is C25H34N2O5S. The first-order valence-corrected chi connectivity index (χ1v) is 12.8. The molecule has 0 fully saturated rings. The highest BCUT2D eigenvalue weighted by Crippen LogP contribution is 2.36. The lowest BCUT2D eigenvalue weighted by Crippen LogP contribution is -2.50. The fraction of sp³-hybridized carbons (Fsp3) is 0.480. The molecule has 3 atom stereocenters. The Morgan fingerprint density at radius 3 is 2.45 bits per heavy atom. The minimum atomic E-state index is -3.90. The van der Waals surface area contributed by atoms with Crippen molar-refractivity contribution in [3.8, 4) is 16.9 Å². The molecule has 0 saturated carbocycles. The lowest BCUT2D eigenvalue weighted by atomic mass is 10.0. The molecule has 1 amide bonds. The van der Waals surface area contributed by atoms with E-state index in [0.29, 0.717) is 13.0 Å². The summed E-state index contributed by atoms with van der Waals surface area (Å²) in [6.45, 7) is 7.65. The van der Waals surface area contributed by atoms with Gasteiger partial charge in [0.25, 0.3) is 0 Å². The Kier molecular flexibility index (Phi) is 7.82. The van der Waals surface area contributed by atoms with Crippen molar-refractivity contribution in [2.45, 2.75) is 51.2 Å². The van der Waals surface area contributed by atoms with Gasteiger partial charge in [0.2, 0.25) is 15.9 Å². The zero-order valence-corrected chi connectivity index (χ0v) is 20.8. The molecule has 0 aromatic heterocycles. The van der Waals surface area contributed by atoms with Gasteiger partial charge in [0.1, 0.15) is 16.7 Å². The molecule has 0 saturated heterocycles. The number of amides is 1. The number of aliphatic hydroxyl groups is 1. The Hall–Kier alpha value is -2.42. The van der Waals surface area contributed by atoms with Gasteiger partial charge in [-0.3, -0.25) is 4.79 Å². The SMILES string of the molecule is CCC(=O)N(C)C[C@H]1Oc2cc(-c3ccc(C)cc3)ccc2S(=O)(=O)N([C@H](C)CO)C[C@@H]1C. The topological polar surface area (TPSA) is 87.2 Å². The first-order valence-electron chi connectivity index (χ1n) is 11.3. The third-order valence-corrected chi connectivity index (χ3v) is 8.25. The van der Waals surface area contributed by atoms with E-state index in [1.165, 1.54) is 4.31 Å². The summed E-state index contributed by atoms with van der Waals surface area (Å²) < 4.78 is 34.8. The molecule has 0 spiro atoms. The Morgan fingerprint density at radius 2 is 1.85 bits per heavy atom. The number of likely N-dealkylation sites (N-methyl/N-ethyl adjacent to an activating group) is 1. The largest absolute Gasteiger partial charge is 0.487 e. The van der Waals surface area contributed by atoms with Gasteiger partial charge in [-0.2, -0.15) is 4.31 Å². The molecule has 1 aliphatic rings. The summed E-state index contributed by atoms with van der Waals surface area (Å²) in [7, 11) is -2.17. The molecule has 33 heavy (non-hydrogen) atoms. The zero-order valence-electron chi connectivity index (χ0n) is 20.0. The second-order valence-electron chi connectivity index (χ2n) is 8.90. The van der Waals surface area contributed by atoms with Crippen molar-refractivity contribution in [2.24, 2.45) is 5.92 Å². The number of hydrogen-bond acceptors (Lipinski definition) is 5. The molecule has 8 heteroatoms. The van der Waals surface area contributed by atoms with E-state index in [1.54, 1.807) is 37.1 Å². The zero-order chi connectivity index (χ0) is 24.3. The normalized spacial score (nSPS) is 21.3. The molecule has 3 rings (SSSR count). The predicted molar refractivity (Wildman–Crippen MR) is 129 cm³/mol. The summed E-state index contributed by atoms with van der Waals surface area (Å²) in [5.74, 6) is 0.0452. The minimum Gasteiger partial charge on any atom is -0.487 e. The van der Waals surface area contributed by atoms with Gasteiger partial charge in [-0.25, -0.2) is 8.42 Å². The third kappa shape index (κ3) is 5.39. The molecule has 0 bridgehead atoms. The van der Waals surface area contributed by atoms with E-state index in [9.17, 15) is 18.3 Å². The number of ether oxygens (including phenoxy) is 1. The number of rotatable bonds is 6. The molecule has 1 heterocycles. The van der Waals surface area contributed by atoms with Crippen molar-refractivity contribution < 1.29 is 23.1 Å². The van der Waals surface area contributed by atoms with Crippen LogP contribution in [0.1, 0.15) is 32.8 Å². The molecule has 2 aromatic carbocycles. The second kappa shape index (κ2) is 10.2. The first-order chi connectivity index (χ1) is 15.6. The van der Waals surface area contributed by atoms with E-state index in [2.05, 4.69) is 0 Å². The van der Waals surface area contributed by atoms with Gasteiger partial charge < -0.3 is 14.7 Å². The van der Waals surface area contributed by atoms with E-state index in [-0.39, 0.29) is 35.6 Å². The Labute approximate surface area is 197 Å². The van der Waals surface area contributed by atoms with Gasteiger partial charge in [-0.15, -0.1) is 0 Å². The monoisotopic (exact) mass is 474 g/mol. The van der Waals surface area contributed by atoms with Crippen LogP contribution < -0.4 is 4.74 Å². The van der Waals surface area contributed by atoms with E-state index in [0.717, 1.165) is 16.7 Å². The summed E-state index contributed by atoms with van der Waals surface area (Å²) in [4.78, 5) is 13.9. The lowest BCUT2D eigenvalue weighted by molar-refractivity contribution is -0.131. The van der Waals surface area contributed by atoms with Gasteiger partial charge in [0, 0.05) is 32.0 Å². The highest BCUT2D eigenvalue weighted by molar-refractivity contribution is 7.89. The quantitative estimate of drug-likeness (QED) is 0.694. The lowest BCUT2D eigenvalue weighted by Gasteiger charge is -2.37. The van der Waals surface area contributed by atoms with E-state index >= 15 is 0 Å².